The second-order valence-electron chi connectivity index (χ2n) is 4.38. The van der Waals surface area contributed by atoms with E-state index in [4.69, 9.17) is 25.6 Å². The molecule has 0 aliphatic heterocycles. The minimum atomic E-state index is 0.433. The summed E-state index contributed by atoms with van der Waals surface area (Å²) in [6.45, 7) is 3.54. The van der Waals surface area contributed by atoms with E-state index in [1.165, 1.54) is 7.11 Å². The van der Waals surface area contributed by atoms with Crippen molar-refractivity contribution in [2.24, 2.45) is 0 Å². The molecule has 0 fully saturated rings. The van der Waals surface area contributed by atoms with Crippen LogP contribution in [0.2, 0.25) is 5.02 Å². The van der Waals surface area contributed by atoms with Crippen molar-refractivity contribution in [1.82, 2.24) is 15.5 Å². The van der Waals surface area contributed by atoms with E-state index in [-0.39, 0.29) is 0 Å². The summed E-state index contributed by atoms with van der Waals surface area (Å²) in [5.74, 6) is 2.00. The first kappa shape index (κ1) is 15.6. The Morgan fingerprint density at radius 3 is 2.76 bits per heavy atom. The summed E-state index contributed by atoms with van der Waals surface area (Å²) in [7, 11) is 3.09. The molecule has 2 aromatic rings. The number of rotatable bonds is 7. The Labute approximate surface area is 128 Å². The van der Waals surface area contributed by atoms with E-state index in [0.29, 0.717) is 40.3 Å². The SMILES string of the molecule is CCCNCc1nc(-c2cc(Cl)c(OC)c(OC)c2)no1. The van der Waals surface area contributed by atoms with Crippen molar-refractivity contribution in [2.75, 3.05) is 20.8 Å². The van der Waals surface area contributed by atoms with Crippen molar-refractivity contribution < 1.29 is 14.0 Å². The monoisotopic (exact) mass is 311 g/mol. The molecule has 7 heteroatoms. The molecule has 21 heavy (non-hydrogen) atoms. The maximum Gasteiger partial charge on any atom is 0.240 e. The van der Waals surface area contributed by atoms with E-state index in [0.717, 1.165) is 13.0 Å². The third-order valence-corrected chi connectivity index (χ3v) is 3.14. The van der Waals surface area contributed by atoms with Crippen molar-refractivity contribution >= 4 is 11.6 Å². The Hall–Kier alpha value is -1.79. The van der Waals surface area contributed by atoms with Crippen LogP contribution in [0.1, 0.15) is 19.2 Å². The highest BCUT2D eigenvalue weighted by Gasteiger charge is 2.15. The van der Waals surface area contributed by atoms with E-state index >= 15 is 0 Å². The number of nitrogens with one attached hydrogen (secondary N) is 1. The highest BCUT2D eigenvalue weighted by atomic mass is 35.5. The summed E-state index contributed by atoms with van der Waals surface area (Å²) in [4.78, 5) is 4.33. The van der Waals surface area contributed by atoms with Gasteiger partial charge in [-0.1, -0.05) is 23.7 Å². The summed E-state index contributed by atoms with van der Waals surface area (Å²) < 4.78 is 15.7. The van der Waals surface area contributed by atoms with E-state index in [2.05, 4.69) is 22.4 Å². The molecule has 1 aromatic heterocycles. The largest absolute Gasteiger partial charge is 0.493 e. The first-order chi connectivity index (χ1) is 10.2. The van der Waals surface area contributed by atoms with E-state index in [1.54, 1.807) is 19.2 Å². The lowest BCUT2D eigenvalue weighted by Crippen LogP contribution is -2.13. The number of hydrogen-bond acceptors (Lipinski definition) is 6. The number of methoxy groups -OCH3 is 2. The normalized spacial score (nSPS) is 10.7. The van der Waals surface area contributed by atoms with Crippen LogP contribution in [0, 0.1) is 0 Å². The molecule has 1 heterocycles. The third kappa shape index (κ3) is 3.65. The smallest absolute Gasteiger partial charge is 0.240 e. The molecule has 0 radical (unpaired) electrons. The molecule has 2 rings (SSSR count). The fourth-order valence-electron chi connectivity index (χ4n) is 1.86. The van der Waals surface area contributed by atoms with Crippen LogP contribution in [0.4, 0.5) is 0 Å². The topological polar surface area (TPSA) is 69.4 Å². The second kappa shape index (κ2) is 7.28. The molecule has 0 amide bonds. The summed E-state index contributed by atoms with van der Waals surface area (Å²) >= 11 is 6.17. The molecule has 0 saturated heterocycles. The van der Waals surface area contributed by atoms with E-state index < -0.39 is 0 Å². The maximum atomic E-state index is 6.17. The quantitative estimate of drug-likeness (QED) is 0.793. The van der Waals surface area contributed by atoms with E-state index in [9.17, 15) is 0 Å². The number of benzene rings is 1. The Bertz CT molecular complexity index is 601. The number of halogens is 1. The zero-order valence-electron chi connectivity index (χ0n) is 12.3. The van der Waals surface area contributed by atoms with Gasteiger partial charge in [0.25, 0.3) is 0 Å². The van der Waals surface area contributed by atoms with E-state index in [1.807, 2.05) is 0 Å². The van der Waals surface area contributed by atoms with Gasteiger partial charge in [0.2, 0.25) is 11.7 Å². The molecular formula is C14H18ClN3O3. The predicted octanol–water partition coefficient (Wildman–Crippen LogP) is 2.91. The lowest BCUT2D eigenvalue weighted by Gasteiger charge is -2.10. The van der Waals surface area contributed by atoms with Gasteiger partial charge in [0, 0.05) is 5.56 Å². The molecule has 1 N–H and O–H groups in total. The highest BCUT2D eigenvalue weighted by molar-refractivity contribution is 6.32. The van der Waals surface area contributed by atoms with Gasteiger partial charge in [-0.2, -0.15) is 4.98 Å². The van der Waals surface area contributed by atoms with Crippen molar-refractivity contribution in [3.05, 3.63) is 23.0 Å². The Balaban J connectivity index is 2.24. The highest BCUT2D eigenvalue weighted by Crippen LogP contribution is 2.38. The first-order valence-electron chi connectivity index (χ1n) is 6.64. The predicted molar refractivity (Wildman–Crippen MR) is 79.8 cm³/mol. The molecular weight excluding hydrogens is 294 g/mol. The first-order valence-corrected chi connectivity index (χ1v) is 7.02. The van der Waals surface area contributed by atoms with Gasteiger partial charge < -0.3 is 19.3 Å². The number of ether oxygens (including phenoxy) is 2. The van der Waals surface area contributed by atoms with Crippen LogP contribution >= 0.6 is 11.6 Å². The lowest BCUT2D eigenvalue weighted by molar-refractivity contribution is 0.355. The van der Waals surface area contributed by atoms with Gasteiger partial charge in [-0.05, 0) is 25.1 Å². The van der Waals surface area contributed by atoms with Crippen LogP contribution < -0.4 is 14.8 Å². The average Bonchev–Trinajstić information content (AvgIpc) is 2.95. The molecule has 114 valence electrons. The van der Waals surface area contributed by atoms with Crippen LogP contribution in [-0.4, -0.2) is 30.9 Å². The Morgan fingerprint density at radius 2 is 2.10 bits per heavy atom. The van der Waals surface area contributed by atoms with Gasteiger partial charge in [0.05, 0.1) is 25.8 Å². The van der Waals surface area contributed by atoms with Gasteiger partial charge in [0.1, 0.15) is 0 Å². The second-order valence-corrected chi connectivity index (χ2v) is 4.79. The molecule has 0 atom stereocenters. The van der Waals surface area contributed by atoms with Gasteiger partial charge in [0.15, 0.2) is 11.5 Å². The molecule has 0 saturated carbocycles. The fourth-order valence-corrected chi connectivity index (χ4v) is 2.15. The number of hydrogen-bond donors (Lipinski definition) is 1. The zero-order valence-corrected chi connectivity index (χ0v) is 13.0. The van der Waals surface area contributed by atoms with Crippen molar-refractivity contribution in [3.63, 3.8) is 0 Å². The minimum absolute atomic E-state index is 0.433. The third-order valence-electron chi connectivity index (χ3n) is 2.86. The zero-order chi connectivity index (χ0) is 15.2. The van der Waals surface area contributed by atoms with Gasteiger partial charge in [-0.15, -0.1) is 0 Å². The molecule has 0 aliphatic rings. The average molecular weight is 312 g/mol. The standard InChI is InChI=1S/C14H18ClN3O3/c1-4-5-16-8-12-17-14(18-21-12)9-6-10(15)13(20-3)11(7-9)19-2/h6-7,16H,4-5,8H2,1-3H3. The van der Waals surface area contributed by atoms with Crippen molar-refractivity contribution in [2.45, 2.75) is 19.9 Å². The molecule has 0 spiro atoms. The summed E-state index contributed by atoms with van der Waals surface area (Å²) in [5.41, 5.74) is 0.711. The van der Waals surface area contributed by atoms with Crippen LogP contribution in [0.3, 0.4) is 0 Å². The number of nitrogens with zero attached hydrogens (tertiary/aromatic N) is 2. The van der Waals surface area contributed by atoms with Crippen molar-refractivity contribution in [1.29, 1.82) is 0 Å². The van der Waals surface area contributed by atoms with Crippen molar-refractivity contribution in [3.8, 4) is 22.9 Å². The van der Waals surface area contributed by atoms with Crippen LogP contribution in [0.15, 0.2) is 16.7 Å². The molecule has 0 bridgehead atoms. The molecule has 1 aromatic carbocycles. The minimum Gasteiger partial charge on any atom is -0.493 e. The maximum absolute atomic E-state index is 6.17. The molecule has 0 aliphatic carbocycles. The van der Waals surface area contributed by atoms with Gasteiger partial charge in [-0.3, -0.25) is 0 Å². The van der Waals surface area contributed by atoms with Crippen LogP contribution in [0.5, 0.6) is 11.5 Å². The lowest BCUT2D eigenvalue weighted by atomic mass is 10.2. The molecule has 0 unspecified atom stereocenters. The summed E-state index contributed by atoms with van der Waals surface area (Å²) in [5, 5.41) is 7.59. The van der Waals surface area contributed by atoms with Crippen LogP contribution in [0.25, 0.3) is 11.4 Å². The number of aromatic nitrogens is 2. The van der Waals surface area contributed by atoms with Crippen LogP contribution in [-0.2, 0) is 6.54 Å². The Kier molecular flexibility index (Phi) is 5.41. The summed E-state index contributed by atoms with van der Waals surface area (Å²) in [6.07, 6.45) is 1.05. The van der Waals surface area contributed by atoms with Gasteiger partial charge >= 0.3 is 0 Å². The Morgan fingerprint density at radius 1 is 1.29 bits per heavy atom. The van der Waals surface area contributed by atoms with Gasteiger partial charge in [-0.25, -0.2) is 0 Å². The molecule has 6 nitrogen and oxygen atoms in total. The summed E-state index contributed by atoms with van der Waals surface area (Å²) in [6, 6.07) is 3.48. The fraction of sp³-hybridized carbons (Fsp3) is 0.429.